The molecular formula is C12H22O9. The van der Waals surface area contributed by atoms with Gasteiger partial charge in [-0.25, -0.2) is 0 Å². The van der Waals surface area contributed by atoms with Gasteiger partial charge in [0.05, 0.1) is 19.3 Å². The van der Waals surface area contributed by atoms with E-state index in [1.807, 2.05) is 0 Å². The Labute approximate surface area is 121 Å². The highest BCUT2D eigenvalue weighted by molar-refractivity contribution is 5.10. The van der Waals surface area contributed by atoms with Crippen LogP contribution in [0, 0.1) is 0 Å². The van der Waals surface area contributed by atoms with Gasteiger partial charge in [0.15, 0.2) is 0 Å². The molecule has 0 aromatic rings. The van der Waals surface area contributed by atoms with E-state index < -0.39 is 61.0 Å². The average molecular weight is 310 g/mol. The van der Waals surface area contributed by atoms with Crippen LogP contribution in [0.1, 0.15) is 6.92 Å². The summed E-state index contributed by atoms with van der Waals surface area (Å²) in [5.74, 6) is 0. The summed E-state index contributed by atoms with van der Waals surface area (Å²) in [5.41, 5.74) is -2.35. The van der Waals surface area contributed by atoms with E-state index in [1.165, 1.54) is 6.92 Å². The van der Waals surface area contributed by atoms with Crippen molar-refractivity contribution in [1.29, 1.82) is 0 Å². The van der Waals surface area contributed by atoms with E-state index in [4.69, 9.17) is 9.47 Å². The predicted octanol–water partition coefficient (Wildman–Crippen LogP) is -4.30. The molecule has 0 unspecified atom stereocenters. The van der Waals surface area contributed by atoms with E-state index >= 15 is 0 Å². The minimum absolute atomic E-state index is 0.307. The van der Waals surface area contributed by atoms with Gasteiger partial charge >= 0.3 is 0 Å². The minimum atomic E-state index is -2.35. The molecule has 0 bridgehead atoms. The molecule has 0 amide bonds. The third kappa shape index (κ3) is 2.58. The van der Waals surface area contributed by atoms with Crippen LogP contribution in [-0.4, -0.2) is 103 Å². The maximum absolute atomic E-state index is 10.7. The van der Waals surface area contributed by atoms with Crippen LogP contribution in [0.3, 0.4) is 0 Å². The van der Waals surface area contributed by atoms with Crippen molar-refractivity contribution < 1.29 is 45.2 Å². The first kappa shape index (κ1) is 17.0. The lowest BCUT2D eigenvalue weighted by Crippen LogP contribution is -2.75. The first-order valence-electron chi connectivity index (χ1n) is 6.75. The summed E-state index contributed by atoms with van der Waals surface area (Å²) in [6.07, 6.45) is -11.8. The Hall–Kier alpha value is -0.360. The fourth-order valence-corrected chi connectivity index (χ4v) is 2.92. The summed E-state index contributed by atoms with van der Waals surface area (Å²) in [7, 11) is 0. The number of aliphatic hydroxyl groups is 7. The zero-order valence-corrected chi connectivity index (χ0v) is 11.5. The van der Waals surface area contributed by atoms with E-state index in [9.17, 15) is 35.7 Å². The molecule has 9 heteroatoms. The largest absolute Gasteiger partial charge is 0.394 e. The Bertz CT molecular complexity index is 363. The van der Waals surface area contributed by atoms with Gasteiger partial charge in [0.2, 0.25) is 0 Å². The molecule has 2 aliphatic heterocycles. The lowest BCUT2D eigenvalue weighted by Gasteiger charge is -2.53. The fourth-order valence-electron chi connectivity index (χ4n) is 2.92. The number of aliphatic hydroxyl groups excluding tert-OH is 6. The first-order chi connectivity index (χ1) is 9.75. The Balaban J connectivity index is 2.35. The van der Waals surface area contributed by atoms with Crippen LogP contribution < -0.4 is 0 Å². The maximum Gasteiger partial charge on any atom is 0.150 e. The summed E-state index contributed by atoms with van der Waals surface area (Å²) in [6, 6.07) is 0. The maximum atomic E-state index is 10.7. The SMILES string of the molecule is C[C@@H]1O[C@@H]([C@@]2(O)[C@H](O)[C@@H](O)CO[C@@H]2CO)[C@@H](O)[C@H](O)[C@@H]1O. The monoisotopic (exact) mass is 310 g/mol. The Morgan fingerprint density at radius 2 is 1.67 bits per heavy atom. The summed E-state index contributed by atoms with van der Waals surface area (Å²) >= 11 is 0. The number of rotatable bonds is 2. The molecule has 0 saturated carbocycles. The van der Waals surface area contributed by atoms with Crippen LogP contribution in [0.4, 0.5) is 0 Å². The van der Waals surface area contributed by atoms with Gasteiger partial charge in [-0.2, -0.15) is 0 Å². The zero-order valence-electron chi connectivity index (χ0n) is 11.5. The van der Waals surface area contributed by atoms with E-state index in [-0.39, 0.29) is 6.61 Å². The second kappa shape index (κ2) is 6.03. The van der Waals surface area contributed by atoms with Crippen LogP contribution in [0.5, 0.6) is 0 Å². The highest BCUT2D eigenvalue weighted by Gasteiger charge is 2.61. The van der Waals surface area contributed by atoms with Gasteiger partial charge in [-0.05, 0) is 6.92 Å². The van der Waals surface area contributed by atoms with Crippen molar-refractivity contribution in [2.24, 2.45) is 0 Å². The molecule has 0 aliphatic carbocycles. The summed E-state index contributed by atoms with van der Waals surface area (Å²) in [6.45, 7) is 0.411. The highest BCUT2D eigenvalue weighted by Crippen LogP contribution is 2.37. The quantitative estimate of drug-likeness (QED) is 0.268. The van der Waals surface area contributed by atoms with Gasteiger partial charge in [0, 0.05) is 0 Å². The summed E-state index contributed by atoms with van der Waals surface area (Å²) < 4.78 is 10.4. The molecule has 21 heavy (non-hydrogen) atoms. The Morgan fingerprint density at radius 3 is 2.24 bits per heavy atom. The minimum Gasteiger partial charge on any atom is -0.394 e. The topological polar surface area (TPSA) is 160 Å². The molecule has 2 heterocycles. The van der Waals surface area contributed by atoms with Crippen LogP contribution in [0.25, 0.3) is 0 Å². The molecule has 2 aliphatic rings. The number of ether oxygens (including phenoxy) is 2. The second-order valence-corrected chi connectivity index (χ2v) is 5.64. The molecule has 2 saturated heterocycles. The molecule has 9 atom stereocenters. The van der Waals surface area contributed by atoms with Gasteiger partial charge < -0.3 is 45.2 Å². The molecule has 2 rings (SSSR count). The molecule has 124 valence electrons. The molecule has 0 radical (unpaired) electrons. The summed E-state index contributed by atoms with van der Waals surface area (Å²) in [5, 5.41) is 69.2. The van der Waals surface area contributed by atoms with E-state index in [0.717, 1.165) is 0 Å². The zero-order chi connectivity index (χ0) is 15.9. The molecule has 0 aromatic carbocycles. The van der Waals surface area contributed by atoms with Crippen LogP contribution in [0.15, 0.2) is 0 Å². The predicted molar refractivity (Wildman–Crippen MR) is 66.1 cm³/mol. The van der Waals surface area contributed by atoms with Crippen molar-refractivity contribution in [1.82, 2.24) is 0 Å². The van der Waals surface area contributed by atoms with Crippen molar-refractivity contribution in [3.63, 3.8) is 0 Å². The highest BCUT2D eigenvalue weighted by atomic mass is 16.6. The van der Waals surface area contributed by atoms with Crippen molar-refractivity contribution >= 4 is 0 Å². The van der Waals surface area contributed by atoms with E-state index in [1.54, 1.807) is 0 Å². The van der Waals surface area contributed by atoms with Gasteiger partial charge in [-0.3, -0.25) is 0 Å². The molecular weight excluding hydrogens is 288 g/mol. The average Bonchev–Trinajstić information content (AvgIpc) is 2.46. The lowest BCUT2D eigenvalue weighted by atomic mass is 9.75. The molecule has 9 nitrogen and oxygen atoms in total. The van der Waals surface area contributed by atoms with Gasteiger partial charge in [-0.15, -0.1) is 0 Å². The van der Waals surface area contributed by atoms with Crippen LogP contribution in [0.2, 0.25) is 0 Å². The second-order valence-electron chi connectivity index (χ2n) is 5.64. The van der Waals surface area contributed by atoms with Gasteiger partial charge in [0.25, 0.3) is 0 Å². The van der Waals surface area contributed by atoms with Crippen molar-refractivity contribution in [2.45, 2.75) is 61.4 Å². The Morgan fingerprint density at radius 1 is 1.05 bits per heavy atom. The molecule has 0 spiro atoms. The van der Waals surface area contributed by atoms with Crippen LogP contribution in [-0.2, 0) is 9.47 Å². The van der Waals surface area contributed by atoms with Crippen molar-refractivity contribution in [3.8, 4) is 0 Å². The van der Waals surface area contributed by atoms with E-state index in [2.05, 4.69) is 0 Å². The normalized spacial score (nSPS) is 55.4. The third-order valence-corrected chi connectivity index (χ3v) is 4.30. The van der Waals surface area contributed by atoms with Crippen molar-refractivity contribution in [3.05, 3.63) is 0 Å². The van der Waals surface area contributed by atoms with Gasteiger partial charge in [-0.1, -0.05) is 0 Å². The standard InChI is InChI=1S/C12H22O9/c1-4-7(15)8(16)9(17)11(21-4)12(19)6(2-13)20-3-5(14)10(12)18/h4-11,13-19H,2-3H2,1H3/t4-,5-,6+,7+,8+,9-,10+,11+,12-/m0/s1. The number of hydrogen-bond donors (Lipinski definition) is 7. The van der Waals surface area contributed by atoms with Gasteiger partial charge in [0.1, 0.15) is 48.3 Å². The first-order valence-corrected chi connectivity index (χ1v) is 6.75. The molecule has 2 fully saturated rings. The fraction of sp³-hybridized carbons (Fsp3) is 1.00. The van der Waals surface area contributed by atoms with Crippen molar-refractivity contribution in [2.75, 3.05) is 13.2 Å². The summed E-state index contributed by atoms with van der Waals surface area (Å²) in [4.78, 5) is 0. The van der Waals surface area contributed by atoms with E-state index in [0.29, 0.717) is 0 Å². The lowest BCUT2D eigenvalue weighted by molar-refractivity contribution is -0.330. The van der Waals surface area contributed by atoms with Crippen LogP contribution >= 0.6 is 0 Å². The molecule has 0 aromatic heterocycles. The Kier molecular flexibility index (Phi) is 4.88. The number of hydrogen-bond acceptors (Lipinski definition) is 9. The smallest absolute Gasteiger partial charge is 0.150 e. The molecule has 7 N–H and O–H groups in total. The third-order valence-electron chi connectivity index (χ3n) is 4.30.